The Morgan fingerprint density at radius 2 is 2.07 bits per heavy atom. The Morgan fingerprint density at radius 3 is 3.00 bits per heavy atom. The molecule has 6 aliphatic carbocycles. The Bertz CT molecular complexity index is 362. The van der Waals surface area contributed by atoms with Gasteiger partial charge < -0.3 is 0 Å². The second-order valence-corrected chi connectivity index (χ2v) is 7.09. The van der Waals surface area contributed by atoms with Gasteiger partial charge >= 0.3 is 0 Å². The summed E-state index contributed by atoms with van der Waals surface area (Å²) >= 11 is 0. The minimum atomic E-state index is 0.900. The molecule has 0 aromatic carbocycles. The smallest absolute Gasteiger partial charge is 0.0169 e. The molecule has 0 radical (unpaired) electrons. The summed E-state index contributed by atoms with van der Waals surface area (Å²) in [5.41, 5.74) is 2.79. The number of rotatable bonds is 0. The number of allylic oxidation sites excluding steroid dienone is 2. The van der Waals surface area contributed by atoms with Crippen LogP contribution in [0.15, 0.2) is 11.6 Å². The standard InChI is InChI=1S/C15H20/c1-2-10-7-9(1)12-4-6-15-5-3-11(8-15)14(15)13(10)12/h1,10-14H,2-8H2. The molecule has 0 N–H and O–H groups in total. The number of hydrogen-bond acceptors (Lipinski definition) is 0. The van der Waals surface area contributed by atoms with Crippen LogP contribution in [0.25, 0.3) is 0 Å². The fourth-order valence-corrected chi connectivity index (χ4v) is 6.57. The minimum Gasteiger partial charge on any atom is -0.0847 e. The van der Waals surface area contributed by atoms with Crippen LogP contribution in [-0.4, -0.2) is 0 Å². The average Bonchev–Trinajstić information content (AvgIpc) is 2.94. The van der Waals surface area contributed by atoms with Gasteiger partial charge in [0.25, 0.3) is 0 Å². The molecule has 6 unspecified atom stereocenters. The maximum absolute atomic E-state index is 2.60. The van der Waals surface area contributed by atoms with Gasteiger partial charge in [0.05, 0.1) is 0 Å². The fraction of sp³-hybridized carbons (Fsp3) is 0.867. The first-order valence-corrected chi connectivity index (χ1v) is 7.06. The van der Waals surface area contributed by atoms with Gasteiger partial charge in [-0.2, -0.15) is 0 Å². The lowest BCUT2D eigenvalue weighted by molar-refractivity contribution is -0.0842. The molecule has 1 spiro atoms. The van der Waals surface area contributed by atoms with Crippen LogP contribution < -0.4 is 0 Å². The molecule has 6 rings (SSSR count). The zero-order valence-electron chi connectivity index (χ0n) is 9.41. The molecule has 5 saturated carbocycles. The van der Waals surface area contributed by atoms with Gasteiger partial charge in [-0.15, -0.1) is 0 Å². The lowest BCUT2D eigenvalue weighted by Gasteiger charge is -2.58. The zero-order chi connectivity index (χ0) is 9.62. The number of fused-ring (bicyclic) bond motifs is 6. The van der Waals surface area contributed by atoms with E-state index in [1.807, 2.05) is 5.57 Å². The maximum atomic E-state index is 2.60. The van der Waals surface area contributed by atoms with E-state index in [1.165, 1.54) is 30.6 Å². The molecule has 0 heteroatoms. The average molecular weight is 200 g/mol. The summed E-state index contributed by atoms with van der Waals surface area (Å²) in [5.74, 6) is 5.73. The molecule has 6 atom stereocenters. The summed E-state index contributed by atoms with van der Waals surface area (Å²) in [6.45, 7) is 0. The van der Waals surface area contributed by atoms with Gasteiger partial charge in [0, 0.05) is 0 Å². The second-order valence-electron chi connectivity index (χ2n) is 7.09. The van der Waals surface area contributed by atoms with Crippen LogP contribution in [0, 0.1) is 35.0 Å². The van der Waals surface area contributed by atoms with Gasteiger partial charge in [-0.3, -0.25) is 0 Å². The molecule has 80 valence electrons. The van der Waals surface area contributed by atoms with Crippen molar-refractivity contribution in [1.82, 2.24) is 0 Å². The van der Waals surface area contributed by atoms with E-state index in [9.17, 15) is 0 Å². The van der Waals surface area contributed by atoms with Crippen LogP contribution in [0.4, 0.5) is 0 Å². The van der Waals surface area contributed by atoms with Crippen LogP contribution in [0.3, 0.4) is 0 Å². The molecule has 0 nitrogen and oxygen atoms in total. The lowest BCUT2D eigenvalue weighted by Crippen LogP contribution is -2.51. The highest BCUT2D eigenvalue weighted by Crippen LogP contribution is 2.75. The molecule has 0 aromatic rings. The Labute approximate surface area is 92.1 Å². The monoisotopic (exact) mass is 200 g/mol. The third kappa shape index (κ3) is 0.707. The number of hydrogen-bond donors (Lipinski definition) is 0. The third-order valence-corrected chi connectivity index (χ3v) is 6.93. The van der Waals surface area contributed by atoms with Gasteiger partial charge in [0.15, 0.2) is 0 Å². The van der Waals surface area contributed by atoms with Crippen molar-refractivity contribution in [2.24, 2.45) is 35.0 Å². The summed E-state index contributed by atoms with van der Waals surface area (Å²) in [6.07, 6.45) is 13.6. The van der Waals surface area contributed by atoms with Crippen molar-refractivity contribution in [3.05, 3.63) is 11.6 Å². The summed E-state index contributed by atoms with van der Waals surface area (Å²) in [5, 5.41) is 0. The van der Waals surface area contributed by atoms with Crippen LogP contribution in [-0.2, 0) is 0 Å². The first kappa shape index (κ1) is 7.92. The first-order chi connectivity index (χ1) is 7.37. The van der Waals surface area contributed by atoms with Gasteiger partial charge in [-0.05, 0) is 80.0 Å². The predicted molar refractivity (Wildman–Crippen MR) is 60.3 cm³/mol. The summed E-state index contributed by atoms with van der Waals surface area (Å²) in [6, 6.07) is 0. The van der Waals surface area contributed by atoms with E-state index in [4.69, 9.17) is 0 Å². The van der Waals surface area contributed by atoms with Gasteiger partial charge in [0.1, 0.15) is 0 Å². The lowest BCUT2D eigenvalue weighted by atomic mass is 9.47. The SMILES string of the molecule is C1=C2CC(C1)C1C2CCC23CCC(C2)C13. The van der Waals surface area contributed by atoms with E-state index in [-0.39, 0.29) is 0 Å². The predicted octanol–water partition coefficient (Wildman–Crippen LogP) is 3.78. The summed E-state index contributed by atoms with van der Waals surface area (Å²) < 4.78 is 0. The van der Waals surface area contributed by atoms with Crippen molar-refractivity contribution >= 4 is 0 Å². The zero-order valence-corrected chi connectivity index (χ0v) is 9.41. The van der Waals surface area contributed by atoms with Crippen molar-refractivity contribution in [1.29, 1.82) is 0 Å². The molecule has 0 aliphatic heterocycles. The molecular formula is C15H20. The van der Waals surface area contributed by atoms with Gasteiger partial charge in [-0.1, -0.05) is 11.6 Å². The van der Waals surface area contributed by atoms with Crippen molar-refractivity contribution in [3.63, 3.8) is 0 Å². The topological polar surface area (TPSA) is 0 Å². The highest BCUT2D eigenvalue weighted by Gasteiger charge is 2.66. The van der Waals surface area contributed by atoms with Crippen molar-refractivity contribution in [2.45, 2.75) is 44.9 Å². The quantitative estimate of drug-likeness (QED) is 0.522. The van der Waals surface area contributed by atoms with Crippen molar-refractivity contribution < 1.29 is 0 Å². The van der Waals surface area contributed by atoms with Gasteiger partial charge in [-0.25, -0.2) is 0 Å². The minimum absolute atomic E-state index is 0.900. The third-order valence-electron chi connectivity index (χ3n) is 6.93. The highest BCUT2D eigenvalue weighted by molar-refractivity contribution is 5.28. The Balaban J connectivity index is 1.61. The first-order valence-electron chi connectivity index (χ1n) is 7.06. The van der Waals surface area contributed by atoms with Gasteiger partial charge in [0.2, 0.25) is 0 Å². The molecule has 15 heavy (non-hydrogen) atoms. The fourth-order valence-electron chi connectivity index (χ4n) is 6.57. The normalized spacial score (nSPS) is 63.5. The molecule has 5 fully saturated rings. The van der Waals surface area contributed by atoms with Crippen LogP contribution in [0.5, 0.6) is 0 Å². The van der Waals surface area contributed by atoms with Crippen molar-refractivity contribution in [2.75, 3.05) is 0 Å². The highest BCUT2D eigenvalue weighted by atomic mass is 14.7. The Hall–Kier alpha value is -0.260. The molecule has 0 amide bonds. The van der Waals surface area contributed by atoms with E-state index in [1.54, 1.807) is 32.1 Å². The molecule has 0 aromatic heterocycles. The molecule has 6 aliphatic rings. The second kappa shape index (κ2) is 2.21. The molecule has 4 bridgehead atoms. The summed E-state index contributed by atoms with van der Waals surface area (Å²) in [7, 11) is 0. The van der Waals surface area contributed by atoms with E-state index < -0.39 is 0 Å². The Morgan fingerprint density at radius 1 is 1.13 bits per heavy atom. The Kier molecular flexibility index (Phi) is 1.17. The van der Waals surface area contributed by atoms with E-state index >= 15 is 0 Å². The van der Waals surface area contributed by atoms with Crippen molar-refractivity contribution in [3.8, 4) is 0 Å². The van der Waals surface area contributed by atoms with Crippen LogP contribution in [0.1, 0.15) is 44.9 Å². The molecule has 0 heterocycles. The molecule has 0 saturated heterocycles. The maximum Gasteiger partial charge on any atom is -0.0169 e. The summed E-state index contributed by atoms with van der Waals surface area (Å²) in [4.78, 5) is 0. The van der Waals surface area contributed by atoms with Crippen LogP contribution >= 0.6 is 0 Å². The molecular weight excluding hydrogens is 180 g/mol. The van der Waals surface area contributed by atoms with E-state index in [0.717, 1.165) is 17.3 Å². The van der Waals surface area contributed by atoms with E-state index in [0.29, 0.717) is 0 Å². The largest absolute Gasteiger partial charge is 0.0847 e. The van der Waals surface area contributed by atoms with Crippen LogP contribution in [0.2, 0.25) is 0 Å². The van der Waals surface area contributed by atoms with E-state index in [2.05, 4.69) is 6.08 Å².